The van der Waals surface area contributed by atoms with Gasteiger partial charge in [0.15, 0.2) is 0 Å². The van der Waals surface area contributed by atoms with E-state index in [-0.39, 0.29) is 12.5 Å². The Labute approximate surface area is 136 Å². The molecular formula is C16H16N2O4S. The largest absolute Gasteiger partial charge is 0.458 e. The molecule has 0 spiro atoms. The molecule has 0 fully saturated rings. The second-order valence-corrected chi connectivity index (χ2v) is 5.92. The Hall–Kier alpha value is -2.38. The van der Waals surface area contributed by atoms with E-state index in [2.05, 4.69) is 10.5 Å². The van der Waals surface area contributed by atoms with Crippen LogP contribution in [0.15, 0.2) is 37.9 Å². The Morgan fingerprint density at radius 2 is 2.22 bits per heavy atom. The molecule has 0 aromatic carbocycles. The molecule has 1 atom stereocenters. The van der Waals surface area contributed by atoms with Gasteiger partial charge >= 0.3 is 0 Å². The predicted octanol–water partition coefficient (Wildman–Crippen LogP) is 3.08. The second-order valence-electron chi connectivity index (χ2n) is 5.14. The minimum Gasteiger partial charge on any atom is -0.458 e. The summed E-state index contributed by atoms with van der Waals surface area (Å²) in [4.78, 5) is 12.1. The summed E-state index contributed by atoms with van der Waals surface area (Å²) in [5.74, 6) is 1.22. The van der Waals surface area contributed by atoms with Crippen LogP contribution in [-0.2, 0) is 0 Å². The Bertz CT molecular complexity index is 785. The molecule has 1 amide bonds. The molecule has 0 aliphatic rings. The number of carbonyl (C=O) groups is 1. The van der Waals surface area contributed by atoms with Crippen molar-refractivity contribution >= 4 is 17.2 Å². The van der Waals surface area contributed by atoms with Gasteiger partial charge in [-0.05, 0) is 37.4 Å². The fraction of sp³-hybridized carbons (Fsp3) is 0.250. The van der Waals surface area contributed by atoms with Crippen molar-refractivity contribution in [1.82, 2.24) is 10.5 Å². The highest BCUT2D eigenvalue weighted by molar-refractivity contribution is 7.08. The third-order valence-corrected chi connectivity index (χ3v) is 4.16. The molecule has 3 rings (SSSR count). The summed E-state index contributed by atoms with van der Waals surface area (Å²) in [5, 5.41) is 20.5. The predicted molar refractivity (Wildman–Crippen MR) is 85.3 cm³/mol. The van der Waals surface area contributed by atoms with Gasteiger partial charge < -0.3 is 19.4 Å². The zero-order valence-corrected chi connectivity index (χ0v) is 13.5. The van der Waals surface area contributed by atoms with E-state index in [9.17, 15) is 9.90 Å². The summed E-state index contributed by atoms with van der Waals surface area (Å²) in [5.41, 5.74) is 1.89. The van der Waals surface area contributed by atoms with E-state index in [1.807, 2.05) is 16.8 Å². The summed E-state index contributed by atoms with van der Waals surface area (Å²) < 4.78 is 10.6. The molecule has 3 aromatic rings. The molecule has 120 valence electrons. The smallest absolute Gasteiger partial charge is 0.256 e. The number of thiophene rings is 1. The number of aromatic nitrogens is 1. The van der Waals surface area contributed by atoms with Crippen molar-refractivity contribution in [3.63, 3.8) is 0 Å². The molecule has 6 nitrogen and oxygen atoms in total. The fourth-order valence-corrected chi connectivity index (χ4v) is 2.92. The number of carbonyl (C=O) groups excluding carboxylic acids is 1. The topological polar surface area (TPSA) is 88.5 Å². The van der Waals surface area contributed by atoms with Gasteiger partial charge in [-0.25, -0.2) is 0 Å². The van der Waals surface area contributed by atoms with Crippen LogP contribution in [0.1, 0.15) is 33.7 Å². The van der Waals surface area contributed by atoms with Crippen LogP contribution in [-0.4, -0.2) is 22.7 Å². The van der Waals surface area contributed by atoms with Crippen LogP contribution in [0.25, 0.3) is 11.3 Å². The van der Waals surface area contributed by atoms with Crippen LogP contribution in [0.2, 0.25) is 0 Å². The van der Waals surface area contributed by atoms with Crippen LogP contribution in [0.3, 0.4) is 0 Å². The standard InChI is InChI=1S/C16H16N2O4S/c1-9-15(10(2)22-18-9)16(20)17-7-12(19)14-4-3-13(21-14)11-5-6-23-8-11/h3-6,8,12,19H,7H2,1-2H3,(H,17,20). The van der Waals surface area contributed by atoms with Crippen molar-refractivity contribution in [3.8, 4) is 11.3 Å². The van der Waals surface area contributed by atoms with Gasteiger partial charge in [-0.1, -0.05) is 5.16 Å². The van der Waals surface area contributed by atoms with E-state index in [4.69, 9.17) is 8.94 Å². The third-order valence-electron chi connectivity index (χ3n) is 3.48. The van der Waals surface area contributed by atoms with Crippen molar-refractivity contribution in [3.05, 3.63) is 51.7 Å². The van der Waals surface area contributed by atoms with Gasteiger partial charge in [0.25, 0.3) is 5.91 Å². The Morgan fingerprint density at radius 3 is 2.87 bits per heavy atom. The number of nitrogens with zero attached hydrogens (tertiary/aromatic N) is 1. The van der Waals surface area contributed by atoms with Crippen molar-refractivity contribution in [1.29, 1.82) is 0 Å². The minimum atomic E-state index is -0.924. The van der Waals surface area contributed by atoms with E-state index in [0.717, 1.165) is 5.56 Å². The normalized spacial score (nSPS) is 12.3. The fourth-order valence-electron chi connectivity index (χ4n) is 2.28. The maximum absolute atomic E-state index is 12.1. The number of nitrogens with one attached hydrogen (secondary N) is 1. The van der Waals surface area contributed by atoms with E-state index in [1.165, 1.54) is 0 Å². The first-order chi connectivity index (χ1) is 11.1. The minimum absolute atomic E-state index is 0.0412. The highest BCUT2D eigenvalue weighted by Crippen LogP contribution is 2.26. The Kier molecular flexibility index (Phi) is 4.31. The molecule has 23 heavy (non-hydrogen) atoms. The quantitative estimate of drug-likeness (QED) is 0.749. The monoisotopic (exact) mass is 332 g/mol. The summed E-state index contributed by atoms with van der Waals surface area (Å²) in [6.07, 6.45) is -0.924. The Balaban J connectivity index is 1.64. The number of hydrogen-bond acceptors (Lipinski definition) is 6. The molecule has 0 saturated carbocycles. The molecular weight excluding hydrogens is 316 g/mol. The molecule has 3 aromatic heterocycles. The van der Waals surface area contributed by atoms with Gasteiger partial charge in [0.05, 0.1) is 12.2 Å². The first-order valence-electron chi connectivity index (χ1n) is 7.07. The number of furan rings is 1. The van der Waals surface area contributed by atoms with Crippen molar-refractivity contribution in [2.75, 3.05) is 6.54 Å². The lowest BCUT2D eigenvalue weighted by Gasteiger charge is -2.09. The van der Waals surface area contributed by atoms with Crippen LogP contribution >= 0.6 is 11.3 Å². The number of rotatable bonds is 5. The molecule has 0 saturated heterocycles. The highest BCUT2D eigenvalue weighted by atomic mass is 32.1. The Morgan fingerprint density at radius 1 is 1.39 bits per heavy atom. The molecule has 2 N–H and O–H groups in total. The van der Waals surface area contributed by atoms with Crippen LogP contribution < -0.4 is 5.32 Å². The van der Waals surface area contributed by atoms with Crippen molar-refractivity contribution in [2.24, 2.45) is 0 Å². The lowest BCUT2D eigenvalue weighted by atomic mass is 10.2. The molecule has 0 aliphatic carbocycles. The van der Waals surface area contributed by atoms with E-state index < -0.39 is 6.10 Å². The summed E-state index contributed by atoms with van der Waals surface area (Å²) in [6, 6.07) is 5.45. The second kappa shape index (κ2) is 6.39. The zero-order valence-electron chi connectivity index (χ0n) is 12.7. The van der Waals surface area contributed by atoms with Crippen molar-refractivity contribution < 1.29 is 18.8 Å². The molecule has 0 aliphatic heterocycles. The summed E-state index contributed by atoms with van der Waals surface area (Å²) >= 11 is 1.57. The summed E-state index contributed by atoms with van der Waals surface area (Å²) in [6.45, 7) is 3.41. The number of hydrogen-bond donors (Lipinski definition) is 2. The van der Waals surface area contributed by atoms with Crippen LogP contribution in [0.4, 0.5) is 0 Å². The van der Waals surface area contributed by atoms with E-state index in [0.29, 0.717) is 28.5 Å². The zero-order chi connectivity index (χ0) is 16.4. The van der Waals surface area contributed by atoms with Gasteiger partial charge in [-0.15, -0.1) is 0 Å². The maximum Gasteiger partial charge on any atom is 0.256 e. The SMILES string of the molecule is Cc1noc(C)c1C(=O)NCC(O)c1ccc(-c2ccsc2)o1. The molecule has 7 heteroatoms. The molecule has 0 bridgehead atoms. The number of aliphatic hydroxyl groups is 1. The van der Waals surface area contributed by atoms with Gasteiger partial charge in [-0.2, -0.15) is 11.3 Å². The average Bonchev–Trinajstić information content (AvgIpc) is 3.25. The molecule has 1 unspecified atom stereocenters. The van der Waals surface area contributed by atoms with Gasteiger partial charge in [0.2, 0.25) is 0 Å². The highest BCUT2D eigenvalue weighted by Gasteiger charge is 2.20. The average molecular weight is 332 g/mol. The number of aliphatic hydroxyl groups excluding tert-OH is 1. The van der Waals surface area contributed by atoms with E-state index >= 15 is 0 Å². The summed E-state index contributed by atoms with van der Waals surface area (Å²) in [7, 11) is 0. The molecule has 3 heterocycles. The van der Waals surface area contributed by atoms with Crippen molar-refractivity contribution in [2.45, 2.75) is 20.0 Å². The maximum atomic E-state index is 12.1. The van der Waals surface area contributed by atoms with Crippen LogP contribution in [0.5, 0.6) is 0 Å². The van der Waals surface area contributed by atoms with E-state index in [1.54, 1.807) is 37.3 Å². The first-order valence-corrected chi connectivity index (χ1v) is 8.02. The van der Waals surface area contributed by atoms with Gasteiger partial charge in [0, 0.05) is 10.9 Å². The van der Waals surface area contributed by atoms with Gasteiger partial charge in [-0.3, -0.25) is 4.79 Å². The number of aryl methyl sites for hydroxylation is 2. The lowest BCUT2D eigenvalue weighted by Crippen LogP contribution is -2.28. The first kappa shape index (κ1) is 15.5. The molecule has 0 radical (unpaired) electrons. The lowest BCUT2D eigenvalue weighted by molar-refractivity contribution is 0.0900. The third kappa shape index (κ3) is 3.20. The van der Waals surface area contributed by atoms with Gasteiger partial charge in [0.1, 0.15) is 28.9 Å². The number of amides is 1. The van der Waals surface area contributed by atoms with Crippen LogP contribution in [0, 0.1) is 13.8 Å².